The predicted molar refractivity (Wildman–Crippen MR) is 55.4 cm³/mol. The Morgan fingerprint density at radius 3 is 2.44 bits per heavy atom. The van der Waals surface area contributed by atoms with Gasteiger partial charge in [-0.15, -0.1) is 0 Å². The maximum Gasteiger partial charge on any atom is 0.417 e. The average molecular weight is 227 g/mol. The summed E-state index contributed by atoms with van der Waals surface area (Å²) in [7, 11) is 0. The highest BCUT2D eigenvalue weighted by Gasteiger charge is 2.36. The van der Waals surface area contributed by atoms with E-state index in [9.17, 15) is 13.2 Å². The third kappa shape index (κ3) is 3.27. The van der Waals surface area contributed by atoms with E-state index in [1.165, 1.54) is 6.08 Å². The standard InChI is InChI=1S/C12H12F3N/c1-9-5-3-2-4-6-10(8-16)11(7-9)12(13,14)15/h5-7H,2-4H2,1H3/b9-5-,10-6+,11-7+. The zero-order chi connectivity index (χ0) is 12.2. The minimum Gasteiger partial charge on any atom is -0.192 e. The Hall–Kier alpha value is -1.50. The van der Waals surface area contributed by atoms with Gasteiger partial charge in [0.25, 0.3) is 0 Å². The van der Waals surface area contributed by atoms with Crippen LogP contribution in [0.2, 0.25) is 0 Å². The Labute approximate surface area is 92.6 Å². The molecular formula is C12H12F3N. The van der Waals surface area contributed by atoms with Crippen LogP contribution in [0.25, 0.3) is 0 Å². The maximum absolute atomic E-state index is 12.7. The summed E-state index contributed by atoms with van der Waals surface area (Å²) in [5, 5.41) is 8.74. The molecule has 0 atom stereocenters. The number of nitrogens with zero attached hydrogens (tertiary/aromatic N) is 1. The fourth-order valence-electron chi connectivity index (χ4n) is 1.51. The van der Waals surface area contributed by atoms with Crippen LogP contribution in [0.5, 0.6) is 0 Å². The van der Waals surface area contributed by atoms with Gasteiger partial charge in [-0.3, -0.25) is 0 Å². The van der Waals surface area contributed by atoms with Gasteiger partial charge in [0.1, 0.15) is 0 Å². The van der Waals surface area contributed by atoms with Crippen LogP contribution in [-0.4, -0.2) is 6.18 Å². The molecule has 0 saturated carbocycles. The monoisotopic (exact) mass is 227 g/mol. The van der Waals surface area contributed by atoms with Crippen molar-refractivity contribution < 1.29 is 13.2 Å². The third-order valence-electron chi connectivity index (χ3n) is 2.31. The molecule has 4 heteroatoms. The highest BCUT2D eigenvalue weighted by molar-refractivity contribution is 5.47. The molecule has 0 bridgehead atoms. The number of alkyl halides is 3. The molecule has 0 heterocycles. The second kappa shape index (κ2) is 5.02. The van der Waals surface area contributed by atoms with Crippen molar-refractivity contribution in [2.45, 2.75) is 32.4 Å². The van der Waals surface area contributed by atoms with Crippen LogP contribution in [-0.2, 0) is 0 Å². The SMILES string of the molecule is CC1=C/CCC/C=C(C#N)/C(C(F)(F)F)=C\1. The lowest BCUT2D eigenvalue weighted by atomic mass is 10.0. The van der Waals surface area contributed by atoms with Gasteiger partial charge in [-0.05, 0) is 32.3 Å². The summed E-state index contributed by atoms with van der Waals surface area (Å²) in [6.07, 6.45) is 1.71. The van der Waals surface area contributed by atoms with Crippen LogP contribution in [0.3, 0.4) is 0 Å². The van der Waals surface area contributed by atoms with Crippen molar-refractivity contribution >= 4 is 0 Å². The summed E-state index contributed by atoms with van der Waals surface area (Å²) in [4.78, 5) is 0. The summed E-state index contributed by atoms with van der Waals surface area (Å²) in [6, 6.07) is 1.62. The Morgan fingerprint density at radius 1 is 1.25 bits per heavy atom. The number of hydrogen-bond acceptors (Lipinski definition) is 1. The maximum atomic E-state index is 12.7. The Morgan fingerprint density at radius 2 is 1.88 bits per heavy atom. The molecule has 0 radical (unpaired) electrons. The molecular weight excluding hydrogens is 215 g/mol. The predicted octanol–water partition coefficient (Wildman–Crippen LogP) is 4.06. The van der Waals surface area contributed by atoms with E-state index in [0.29, 0.717) is 12.0 Å². The van der Waals surface area contributed by atoms with Crippen LogP contribution in [0.1, 0.15) is 26.2 Å². The number of rotatable bonds is 0. The van der Waals surface area contributed by atoms with Gasteiger partial charge in [-0.25, -0.2) is 0 Å². The molecule has 0 amide bonds. The highest BCUT2D eigenvalue weighted by Crippen LogP contribution is 2.33. The van der Waals surface area contributed by atoms with Crippen LogP contribution in [0.15, 0.2) is 34.9 Å². The van der Waals surface area contributed by atoms with Gasteiger partial charge in [0.05, 0.1) is 17.2 Å². The highest BCUT2D eigenvalue weighted by atomic mass is 19.4. The first-order valence-corrected chi connectivity index (χ1v) is 5.01. The summed E-state index contributed by atoms with van der Waals surface area (Å²) < 4.78 is 38.1. The van der Waals surface area contributed by atoms with Crippen molar-refractivity contribution in [3.63, 3.8) is 0 Å². The zero-order valence-corrected chi connectivity index (χ0v) is 8.93. The van der Waals surface area contributed by atoms with E-state index < -0.39 is 11.7 Å². The number of halogens is 3. The molecule has 16 heavy (non-hydrogen) atoms. The molecule has 1 aliphatic carbocycles. The fraction of sp³-hybridized carbons (Fsp3) is 0.417. The first-order valence-electron chi connectivity index (χ1n) is 5.01. The zero-order valence-electron chi connectivity index (χ0n) is 8.93. The van der Waals surface area contributed by atoms with Gasteiger partial charge in [0, 0.05) is 0 Å². The molecule has 0 aromatic rings. The summed E-state index contributed by atoms with van der Waals surface area (Å²) in [5.41, 5.74) is -0.567. The van der Waals surface area contributed by atoms with Gasteiger partial charge in [0.15, 0.2) is 0 Å². The summed E-state index contributed by atoms with van der Waals surface area (Å²) in [6.45, 7) is 1.62. The summed E-state index contributed by atoms with van der Waals surface area (Å²) >= 11 is 0. The third-order valence-corrected chi connectivity index (χ3v) is 2.31. The number of allylic oxidation sites excluding steroid dienone is 6. The fourth-order valence-corrected chi connectivity index (χ4v) is 1.51. The largest absolute Gasteiger partial charge is 0.417 e. The normalized spacial score (nSPS) is 28.1. The molecule has 0 aromatic carbocycles. The van der Waals surface area contributed by atoms with E-state index in [1.54, 1.807) is 19.1 Å². The topological polar surface area (TPSA) is 23.8 Å². The van der Waals surface area contributed by atoms with Crippen LogP contribution < -0.4 is 0 Å². The van der Waals surface area contributed by atoms with E-state index in [2.05, 4.69) is 0 Å². The second-order valence-corrected chi connectivity index (χ2v) is 3.66. The van der Waals surface area contributed by atoms with Gasteiger partial charge in [-0.2, -0.15) is 18.4 Å². The van der Waals surface area contributed by atoms with E-state index >= 15 is 0 Å². The quantitative estimate of drug-likeness (QED) is 0.612. The van der Waals surface area contributed by atoms with Gasteiger partial charge in [-0.1, -0.05) is 17.7 Å². The number of nitriles is 1. The molecule has 0 fully saturated rings. The minimum atomic E-state index is -4.47. The van der Waals surface area contributed by atoms with E-state index in [1.807, 2.05) is 0 Å². The molecule has 1 nitrogen and oxygen atoms in total. The van der Waals surface area contributed by atoms with Crippen molar-refractivity contribution in [2.75, 3.05) is 0 Å². The molecule has 0 spiro atoms. The Balaban J connectivity index is 3.25. The Bertz CT molecular complexity index is 391. The van der Waals surface area contributed by atoms with Crippen molar-refractivity contribution in [1.82, 2.24) is 0 Å². The minimum absolute atomic E-state index is 0.276. The average Bonchev–Trinajstić information content (AvgIpc) is 2.27. The second-order valence-electron chi connectivity index (χ2n) is 3.66. The molecule has 1 aliphatic rings. The Kier molecular flexibility index (Phi) is 3.94. The van der Waals surface area contributed by atoms with Gasteiger partial charge < -0.3 is 0 Å². The van der Waals surface area contributed by atoms with Crippen molar-refractivity contribution in [3.05, 3.63) is 34.9 Å². The molecule has 0 aromatic heterocycles. The van der Waals surface area contributed by atoms with Crippen LogP contribution in [0, 0.1) is 11.3 Å². The lowest BCUT2D eigenvalue weighted by Gasteiger charge is -2.10. The van der Waals surface area contributed by atoms with Crippen molar-refractivity contribution in [3.8, 4) is 6.07 Å². The lowest BCUT2D eigenvalue weighted by molar-refractivity contribution is -0.0889. The van der Waals surface area contributed by atoms with Crippen molar-refractivity contribution in [2.24, 2.45) is 0 Å². The van der Waals surface area contributed by atoms with Crippen molar-refractivity contribution in [1.29, 1.82) is 5.26 Å². The first kappa shape index (κ1) is 12.6. The lowest BCUT2D eigenvalue weighted by Crippen LogP contribution is -2.13. The van der Waals surface area contributed by atoms with E-state index in [-0.39, 0.29) is 5.57 Å². The summed E-state index contributed by atoms with van der Waals surface area (Å²) in [5.74, 6) is 0. The van der Waals surface area contributed by atoms with Crippen LogP contribution >= 0.6 is 0 Å². The number of hydrogen-bond donors (Lipinski definition) is 0. The molecule has 0 saturated heterocycles. The molecule has 1 rings (SSSR count). The van der Waals surface area contributed by atoms with Gasteiger partial charge in [0.2, 0.25) is 0 Å². The molecule has 0 unspecified atom stereocenters. The molecule has 0 aliphatic heterocycles. The smallest absolute Gasteiger partial charge is 0.192 e. The van der Waals surface area contributed by atoms with E-state index in [0.717, 1.165) is 18.9 Å². The van der Waals surface area contributed by atoms with E-state index in [4.69, 9.17) is 5.26 Å². The first-order chi connectivity index (χ1) is 7.45. The molecule has 86 valence electrons. The molecule has 0 N–H and O–H groups in total. The van der Waals surface area contributed by atoms with Crippen LogP contribution in [0.4, 0.5) is 13.2 Å². The van der Waals surface area contributed by atoms with Gasteiger partial charge >= 0.3 is 6.18 Å².